The molecular formula is C7H14O2. The molecule has 0 radical (unpaired) electrons. The standard InChI is InChI=1S/C7H14O2/c1-2-7-5-6(8)3-4-9-7/h6-8H,2-5H2,1H3/t6-,7?/m1/s1. The summed E-state index contributed by atoms with van der Waals surface area (Å²) in [5.74, 6) is 0. The molecule has 0 aliphatic carbocycles. The first kappa shape index (κ1) is 7.03. The molecule has 1 fully saturated rings. The highest BCUT2D eigenvalue weighted by molar-refractivity contribution is 4.68. The van der Waals surface area contributed by atoms with Crippen LogP contribution in [0.4, 0.5) is 0 Å². The molecule has 0 spiro atoms. The summed E-state index contributed by atoms with van der Waals surface area (Å²) in [4.78, 5) is 0. The van der Waals surface area contributed by atoms with Gasteiger partial charge in [0.05, 0.1) is 12.2 Å². The van der Waals surface area contributed by atoms with Crippen molar-refractivity contribution >= 4 is 0 Å². The molecule has 0 aromatic carbocycles. The largest absolute Gasteiger partial charge is 0.393 e. The fourth-order valence-electron chi connectivity index (χ4n) is 1.14. The molecule has 0 amide bonds. The third kappa shape index (κ3) is 1.95. The van der Waals surface area contributed by atoms with Gasteiger partial charge < -0.3 is 9.84 Å². The Morgan fingerprint density at radius 1 is 1.67 bits per heavy atom. The van der Waals surface area contributed by atoms with Crippen LogP contribution in [0, 0.1) is 0 Å². The van der Waals surface area contributed by atoms with Crippen molar-refractivity contribution in [3.63, 3.8) is 0 Å². The summed E-state index contributed by atoms with van der Waals surface area (Å²) >= 11 is 0. The van der Waals surface area contributed by atoms with Gasteiger partial charge in [-0.3, -0.25) is 0 Å². The number of rotatable bonds is 1. The first-order valence-corrected chi connectivity index (χ1v) is 3.62. The lowest BCUT2D eigenvalue weighted by Gasteiger charge is -2.25. The second-order valence-corrected chi connectivity index (χ2v) is 2.58. The van der Waals surface area contributed by atoms with E-state index in [0.717, 1.165) is 25.9 Å². The van der Waals surface area contributed by atoms with Crippen LogP contribution < -0.4 is 0 Å². The molecule has 2 nitrogen and oxygen atoms in total. The molecule has 1 saturated heterocycles. The van der Waals surface area contributed by atoms with Crippen molar-refractivity contribution in [3.8, 4) is 0 Å². The van der Waals surface area contributed by atoms with Gasteiger partial charge in [-0.2, -0.15) is 0 Å². The predicted molar refractivity (Wildman–Crippen MR) is 35.3 cm³/mol. The number of hydrogen-bond donors (Lipinski definition) is 1. The van der Waals surface area contributed by atoms with Crippen molar-refractivity contribution in [2.24, 2.45) is 0 Å². The van der Waals surface area contributed by atoms with Crippen LogP contribution in [-0.4, -0.2) is 23.9 Å². The average Bonchev–Trinajstić information content (AvgIpc) is 1.88. The first-order chi connectivity index (χ1) is 4.33. The van der Waals surface area contributed by atoms with E-state index >= 15 is 0 Å². The van der Waals surface area contributed by atoms with E-state index in [1.807, 2.05) is 0 Å². The summed E-state index contributed by atoms with van der Waals surface area (Å²) in [6, 6.07) is 0. The van der Waals surface area contributed by atoms with E-state index in [0.29, 0.717) is 6.10 Å². The summed E-state index contributed by atoms with van der Waals surface area (Å²) in [5, 5.41) is 9.13. The smallest absolute Gasteiger partial charge is 0.0597 e. The van der Waals surface area contributed by atoms with Crippen molar-refractivity contribution in [2.75, 3.05) is 6.61 Å². The molecule has 1 heterocycles. The molecule has 1 unspecified atom stereocenters. The fraction of sp³-hybridized carbons (Fsp3) is 1.00. The van der Waals surface area contributed by atoms with E-state index in [4.69, 9.17) is 9.84 Å². The van der Waals surface area contributed by atoms with Crippen LogP contribution in [0.25, 0.3) is 0 Å². The van der Waals surface area contributed by atoms with Crippen LogP contribution in [0.15, 0.2) is 0 Å². The summed E-state index contributed by atoms with van der Waals surface area (Å²) in [6.45, 7) is 2.82. The Bertz CT molecular complexity index is 83.0. The summed E-state index contributed by atoms with van der Waals surface area (Å²) < 4.78 is 5.34. The normalized spacial score (nSPS) is 36.7. The second-order valence-electron chi connectivity index (χ2n) is 2.58. The van der Waals surface area contributed by atoms with Gasteiger partial charge in [0.2, 0.25) is 0 Å². The minimum Gasteiger partial charge on any atom is -0.393 e. The van der Waals surface area contributed by atoms with Crippen molar-refractivity contribution in [2.45, 2.75) is 38.4 Å². The maximum Gasteiger partial charge on any atom is 0.0597 e. The predicted octanol–water partition coefficient (Wildman–Crippen LogP) is 0.936. The molecule has 1 rings (SSSR count). The van der Waals surface area contributed by atoms with Gasteiger partial charge in [-0.05, 0) is 19.3 Å². The monoisotopic (exact) mass is 130 g/mol. The molecule has 0 aromatic heterocycles. The molecule has 2 atom stereocenters. The summed E-state index contributed by atoms with van der Waals surface area (Å²) in [5.41, 5.74) is 0. The van der Waals surface area contributed by atoms with E-state index in [1.165, 1.54) is 0 Å². The zero-order chi connectivity index (χ0) is 6.69. The topological polar surface area (TPSA) is 29.5 Å². The maximum atomic E-state index is 9.13. The summed E-state index contributed by atoms with van der Waals surface area (Å²) in [6.07, 6.45) is 2.88. The number of aliphatic hydroxyl groups excluding tert-OH is 1. The zero-order valence-corrected chi connectivity index (χ0v) is 5.84. The van der Waals surface area contributed by atoms with Gasteiger partial charge in [-0.1, -0.05) is 6.92 Å². The van der Waals surface area contributed by atoms with Crippen LogP contribution in [0.5, 0.6) is 0 Å². The van der Waals surface area contributed by atoms with E-state index in [2.05, 4.69) is 6.92 Å². The van der Waals surface area contributed by atoms with Gasteiger partial charge in [0.25, 0.3) is 0 Å². The minimum atomic E-state index is -0.108. The average molecular weight is 130 g/mol. The molecule has 0 bridgehead atoms. The molecular weight excluding hydrogens is 116 g/mol. The van der Waals surface area contributed by atoms with Crippen LogP contribution >= 0.6 is 0 Å². The van der Waals surface area contributed by atoms with Gasteiger partial charge in [-0.15, -0.1) is 0 Å². The van der Waals surface area contributed by atoms with Gasteiger partial charge in [0, 0.05) is 6.61 Å². The lowest BCUT2D eigenvalue weighted by molar-refractivity contribution is -0.0441. The van der Waals surface area contributed by atoms with Gasteiger partial charge in [0.15, 0.2) is 0 Å². The minimum absolute atomic E-state index is 0.108. The second kappa shape index (κ2) is 3.18. The SMILES string of the molecule is CCC1C[C@H](O)CCO1. The summed E-state index contributed by atoms with van der Waals surface area (Å²) in [7, 11) is 0. The number of ether oxygens (including phenoxy) is 1. The Kier molecular flexibility index (Phi) is 2.49. The quantitative estimate of drug-likeness (QED) is 0.572. The van der Waals surface area contributed by atoms with E-state index in [-0.39, 0.29) is 6.10 Å². The Balaban J connectivity index is 2.23. The third-order valence-electron chi connectivity index (χ3n) is 1.79. The van der Waals surface area contributed by atoms with Crippen LogP contribution in [0.2, 0.25) is 0 Å². The van der Waals surface area contributed by atoms with Gasteiger partial charge in [0.1, 0.15) is 0 Å². The molecule has 1 aliphatic heterocycles. The van der Waals surface area contributed by atoms with Crippen LogP contribution in [0.3, 0.4) is 0 Å². The highest BCUT2D eigenvalue weighted by atomic mass is 16.5. The molecule has 1 aliphatic rings. The molecule has 54 valence electrons. The molecule has 0 saturated carbocycles. The first-order valence-electron chi connectivity index (χ1n) is 3.62. The molecule has 0 aromatic rings. The number of aliphatic hydroxyl groups is 1. The lowest BCUT2D eigenvalue weighted by atomic mass is 10.0. The van der Waals surface area contributed by atoms with Crippen molar-refractivity contribution in [3.05, 3.63) is 0 Å². The van der Waals surface area contributed by atoms with Crippen molar-refractivity contribution in [1.29, 1.82) is 0 Å². The van der Waals surface area contributed by atoms with E-state index < -0.39 is 0 Å². The third-order valence-corrected chi connectivity index (χ3v) is 1.79. The zero-order valence-electron chi connectivity index (χ0n) is 5.84. The van der Waals surface area contributed by atoms with Crippen molar-refractivity contribution in [1.82, 2.24) is 0 Å². The molecule has 9 heavy (non-hydrogen) atoms. The Hall–Kier alpha value is -0.0800. The van der Waals surface area contributed by atoms with Crippen LogP contribution in [-0.2, 0) is 4.74 Å². The molecule has 2 heteroatoms. The van der Waals surface area contributed by atoms with Gasteiger partial charge in [-0.25, -0.2) is 0 Å². The lowest BCUT2D eigenvalue weighted by Crippen LogP contribution is -2.28. The fourth-order valence-corrected chi connectivity index (χ4v) is 1.14. The van der Waals surface area contributed by atoms with E-state index in [9.17, 15) is 0 Å². The van der Waals surface area contributed by atoms with Crippen LogP contribution in [0.1, 0.15) is 26.2 Å². The van der Waals surface area contributed by atoms with Gasteiger partial charge >= 0.3 is 0 Å². The Morgan fingerprint density at radius 2 is 2.44 bits per heavy atom. The van der Waals surface area contributed by atoms with E-state index in [1.54, 1.807) is 0 Å². The number of hydrogen-bond acceptors (Lipinski definition) is 2. The van der Waals surface area contributed by atoms with Crippen molar-refractivity contribution < 1.29 is 9.84 Å². The molecule has 1 N–H and O–H groups in total. The Morgan fingerprint density at radius 3 is 2.89 bits per heavy atom. The Labute approximate surface area is 55.8 Å². The maximum absolute atomic E-state index is 9.13. The highest BCUT2D eigenvalue weighted by Crippen LogP contribution is 2.15. The highest BCUT2D eigenvalue weighted by Gasteiger charge is 2.18.